The number of carbonyl (C=O) groups excluding carboxylic acids is 1. The fraction of sp³-hybridized carbons (Fsp3) is 0.474. The maximum absolute atomic E-state index is 11.9. The zero-order valence-corrected chi connectivity index (χ0v) is 15.9. The molecule has 1 fully saturated rings. The van der Waals surface area contributed by atoms with E-state index in [1.807, 2.05) is 24.3 Å². The largest absolute Gasteiger partial charge is 0.496 e. The molecule has 0 aromatic heterocycles. The molecule has 1 aromatic carbocycles. The third kappa shape index (κ3) is 5.74. The van der Waals surface area contributed by atoms with E-state index in [4.69, 9.17) is 17.0 Å². The summed E-state index contributed by atoms with van der Waals surface area (Å²) in [5, 5.41) is 3.76. The van der Waals surface area contributed by atoms with Gasteiger partial charge >= 0.3 is 0 Å². The van der Waals surface area contributed by atoms with Gasteiger partial charge in [0.25, 0.3) is 5.91 Å². The lowest BCUT2D eigenvalue weighted by Gasteiger charge is -2.35. The van der Waals surface area contributed by atoms with Crippen LogP contribution in [0.5, 0.6) is 5.75 Å². The van der Waals surface area contributed by atoms with E-state index >= 15 is 0 Å². The van der Waals surface area contributed by atoms with E-state index in [2.05, 4.69) is 30.0 Å². The summed E-state index contributed by atoms with van der Waals surface area (Å²) in [6.45, 7) is 4.53. The SMILES string of the molecule is COc1ccccc1/C=C/C(=O)NNC(=S)N[C@H]1CCC[C@@H](C)[C@H]1C. The number of para-hydroxylation sites is 1. The first-order chi connectivity index (χ1) is 12.0. The van der Waals surface area contributed by atoms with E-state index in [1.54, 1.807) is 13.2 Å². The number of carbonyl (C=O) groups is 1. The third-order valence-electron chi connectivity index (χ3n) is 4.88. The molecule has 0 bridgehead atoms. The molecule has 0 aliphatic heterocycles. The standard InChI is InChI=1S/C19H27N3O2S/c1-13-7-6-9-16(14(13)2)20-19(25)22-21-18(23)12-11-15-8-4-5-10-17(15)24-3/h4-5,8,10-14,16H,6-7,9H2,1-3H3,(H,21,23)(H2,20,22,25)/b12-11+/t13-,14-,16+/m1/s1. The average molecular weight is 362 g/mol. The van der Waals surface area contributed by atoms with Crippen LogP contribution in [-0.2, 0) is 4.79 Å². The van der Waals surface area contributed by atoms with Crippen molar-refractivity contribution < 1.29 is 9.53 Å². The van der Waals surface area contributed by atoms with Crippen LogP contribution in [-0.4, -0.2) is 24.2 Å². The van der Waals surface area contributed by atoms with Gasteiger partial charge in [0.1, 0.15) is 5.75 Å². The normalized spacial score (nSPS) is 23.1. The van der Waals surface area contributed by atoms with E-state index in [1.165, 1.54) is 18.9 Å². The molecule has 1 aliphatic rings. The van der Waals surface area contributed by atoms with Gasteiger partial charge in [-0.25, -0.2) is 0 Å². The Bertz CT molecular complexity index is 633. The topological polar surface area (TPSA) is 62.4 Å². The number of rotatable bonds is 4. The molecule has 0 saturated heterocycles. The summed E-state index contributed by atoms with van der Waals surface area (Å²) in [5.41, 5.74) is 6.19. The van der Waals surface area contributed by atoms with Crippen LogP contribution in [0.1, 0.15) is 38.7 Å². The second-order valence-electron chi connectivity index (χ2n) is 6.54. The van der Waals surface area contributed by atoms with E-state index in [-0.39, 0.29) is 5.91 Å². The maximum atomic E-state index is 11.9. The molecule has 0 radical (unpaired) electrons. The number of nitrogens with one attached hydrogen (secondary N) is 3. The van der Waals surface area contributed by atoms with Crippen molar-refractivity contribution in [3.8, 4) is 5.75 Å². The Hall–Kier alpha value is -2.08. The second kappa shape index (κ2) is 9.42. The highest BCUT2D eigenvalue weighted by Gasteiger charge is 2.27. The van der Waals surface area contributed by atoms with Gasteiger partial charge in [0, 0.05) is 17.7 Å². The van der Waals surface area contributed by atoms with Gasteiger partial charge in [-0.05, 0) is 42.6 Å². The van der Waals surface area contributed by atoms with Crippen LogP contribution in [0, 0.1) is 11.8 Å². The summed E-state index contributed by atoms with van der Waals surface area (Å²) in [6.07, 6.45) is 6.73. The predicted molar refractivity (Wildman–Crippen MR) is 105 cm³/mol. The summed E-state index contributed by atoms with van der Waals surface area (Å²) < 4.78 is 5.25. The molecule has 2 rings (SSSR count). The molecule has 1 amide bonds. The highest BCUT2D eigenvalue weighted by atomic mass is 32.1. The lowest BCUT2D eigenvalue weighted by atomic mass is 9.78. The van der Waals surface area contributed by atoms with E-state index in [0.717, 1.165) is 17.7 Å². The van der Waals surface area contributed by atoms with Gasteiger partial charge in [-0.2, -0.15) is 0 Å². The highest BCUT2D eigenvalue weighted by molar-refractivity contribution is 7.80. The molecule has 0 spiro atoms. The average Bonchev–Trinajstić information content (AvgIpc) is 2.62. The summed E-state index contributed by atoms with van der Waals surface area (Å²) >= 11 is 5.28. The fourth-order valence-electron chi connectivity index (χ4n) is 3.12. The van der Waals surface area contributed by atoms with Crippen molar-refractivity contribution in [3.05, 3.63) is 35.9 Å². The number of benzene rings is 1. The number of hydrogen-bond donors (Lipinski definition) is 3. The first-order valence-corrected chi connectivity index (χ1v) is 9.09. The van der Waals surface area contributed by atoms with Gasteiger partial charge in [0.2, 0.25) is 0 Å². The van der Waals surface area contributed by atoms with Gasteiger partial charge in [0.05, 0.1) is 7.11 Å². The summed E-state index contributed by atoms with van der Waals surface area (Å²) in [5.74, 6) is 1.69. The number of hydrogen-bond acceptors (Lipinski definition) is 3. The summed E-state index contributed by atoms with van der Waals surface area (Å²) in [7, 11) is 1.60. The van der Waals surface area contributed by atoms with Crippen LogP contribution in [0.25, 0.3) is 6.08 Å². The van der Waals surface area contributed by atoms with E-state index in [9.17, 15) is 4.79 Å². The first-order valence-electron chi connectivity index (χ1n) is 8.69. The highest BCUT2D eigenvalue weighted by Crippen LogP contribution is 2.29. The minimum absolute atomic E-state index is 0.278. The maximum Gasteiger partial charge on any atom is 0.262 e. The Morgan fingerprint density at radius 3 is 2.76 bits per heavy atom. The van der Waals surface area contributed by atoms with Gasteiger partial charge in [-0.15, -0.1) is 0 Å². The zero-order chi connectivity index (χ0) is 18.2. The van der Waals surface area contributed by atoms with Crippen LogP contribution in [0.4, 0.5) is 0 Å². The molecule has 136 valence electrons. The molecule has 1 saturated carbocycles. The molecule has 0 heterocycles. The van der Waals surface area contributed by atoms with Gasteiger partial charge in [0.15, 0.2) is 5.11 Å². The van der Waals surface area contributed by atoms with Crippen molar-refractivity contribution in [1.82, 2.24) is 16.2 Å². The lowest BCUT2D eigenvalue weighted by molar-refractivity contribution is -0.116. The smallest absolute Gasteiger partial charge is 0.262 e. The molecule has 3 atom stereocenters. The van der Waals surface area contributed by atoms with Gasteiger partial charge in [-0.3, -0.25) is 15.6 Å². The molecule has 3 N–H and O–H groups in total. The Morgan fingerprint density at radius 2 is 2.00 bits per heavy atom. The molecule has 5 nitrogen and oxygen atoms in total. The lowest BCUT2D eigenvalue weighted by Crippen LogP contribution is -2.52. The number of hydrazine groups is 1. The molecule has 1 aromatic rings. The Labute approximate surface area is 155 Å². The first kappa shape index (κ1) is 19.2. The van der Waals surface area contributed by atoms with Gasteiger partial charge in [-0.1, -0.05) is 44.9 Å². The fourth-order valence-corrected chi connectivity index (χ4v) is 3.32. The molecule has 1 aliphatic carbocycles. The Balaban J connectivity index is 1.79. The minimum atomic E-state index is -0.278. The van der Waals surface area contributed by atoms with Crippen molar-refractivity contribution in [2.24, 2.45) is 11.8 Å². The molecule has 6 heteroatoms. The van der Waals surface area contributed by atoms with Crippen LogP contribution in [0.3, 0.4) is 0 Å². The van der Waals surface area contributed by atoms with Crippen LogP contribution in [0.2, 0.25) is 0 Å². The number of methoxy groups -OCH3 is 1. The van der Waals surface area contributed by atoms with Crippen molar-refractivity contribution in [1.29, 1.82) is 0 Å². The van der Waals surface area contributed by atoms with Crippen LogP contribution in [0.15, 0.2) is 30.3 Å². The summed E-state index contributed by atoms with van der Waals surface area (Å²) in [6, 6.07) is 7.86. The number of ether oxygens (including phenoxy) is 1. The van der Waals surface area contributed by atoms with Crippen molar-refractivity contribution in [2.45, 2.75) is 39.2 Å². The molecular weight excluding hydrogens is 334 g/mol. The third-order valence-corrected chi connectivity index (χ3v) is 5.10. The van der Waals surface area contributed by atoms with Crippen LogP contribution < -0.4 is 20.9 Å². The molecule has 25 heavy (non-hydrogen) atoms. The number of amides is 1. The Morgan fingerprint density at radius 1 is 1.24 bits per heavy atom. The Kier molecular flexibility index (Phi) is 7.25. The summed E-state index contributed by atoms with van der Waals surface area (Å²) in [4.78, 5) is 11.9. The number of thiocarbonyl (C=S) groups is 1. The monoisotopic (exact) mass is 361 g/mol. The molecular formula is C19H27N3O2S. The molecule has 0 unspecified atom stereocenters. The van der Waals surface area contributed by atoms with Crippen molar-refractivity contribution in [2.75, 3.05) is 7.11 Å². The van der Waals surface area contributed by atoms with Gasteiger partial charge < -0.3 is 10.1 Å². The predicted octanol–water partition coefficient (Wildman–Crippen LogP) is 3.03. The zero-order valence-electron chi connectivity index (χ0n) is 15.0. The van der Waals surface area contributed by atoms with Crippen molar-refractivity contribution in [3.63, 3.8) is 0 Å². The van der Waals surface area contributed by atoms with E-state index < -0.39 is 0 Å². The van der Waals surface area contributed by atoms with E-state index in [0.29, 0.717) is 23.0 Å². The quantitative estimate of drug-likeness (QED) is 0.437. The van der Waals surface area contributed by atoms with Crippen molar-refractivity contribution >= 4 is 29.3 Å². The minimum Gasteiger partial charge on any atom is -0.496 e. The second-order valence-corrected chi connectivity index (χ2v) is 6.95. The van der Waals surface area contributed by atoms with Crippen LogP contribution >= 0.6 is 12.2 Å².